The van der Waals surface area contributed by atoms with E-state index in [-0.39, 0.29) is 28.8 Å². The standard InChI is InChI=1S/C17H18ClN5O3S/c18-14-5-1-2-6-15(14)27(25,26)23-9-7-16(24)20-10-11-22-17-13(12-19)4-3-8-21-17/h1-6,8,23H,7,9-11H2,(H,20,24)(H,21,22). The number of nitrogens with one attached hydrogen (secondary N) is 3. The van der Waals surface area contributed by atoms with Crippen LogP contribution in [0.1, 0.15) is 12.0 Å². The first-order valence-corrected chi connectivity index (χ1v) is 9.90. The van der Waals surface area contributed by atoms with Gasteiger partial charge in [-0.3, -0.25) is 4.79 Å². The minimum Gasteiger partial charge on any atom is -0.367 e. The predicted molar refractivity (Wildman–Crippen MR) is 102 cm³/mol. The Balaban J connectivity index is 1.71. The highest BCUT2D eigenvalue weighted by molar-refractivity contribution is 7.89. The molecule has 0 aliphatic rings. The highest BCUT2D eigenvalue weighted by Crippen LogP contribution is 2.19. The van der Waals surface area contributed by atoms with E-state index < -0.39 is 10.0 Å². The van der Waals surface area contributed by atoms with E-state index in [4.69, 9.17) is 16.9 Å². The number of carbonyl (C=O) groups is 1. The van der Waals surface area contributed by atoms with Crippen LogP contribution in [0.2, 0.25) is 5.02 Å². The number of carbonyl (C=O) groups excluding carboxylic acids is 1. The Morgan fingerprint density at radius 3 is 2.67 bits per heavy atom. The van der Waals surface area contributed by atoms with Crippen LogP contribution in [0.5, 0.6) is 0 Å². The predicted octanol–water partition coefficient (Wildman–Crippen LogP) is 1.50. The first-order chi connectivity index (χ1) is 12.9. The molecule has 0 spiro atoms. The molecular weight excluding hydrogens is 390 g/mol. The zero-order valence-corrected chi connectivity index (χ0v) is 15.8. The molecule has 0 fully saturated rings. The van der Waals surface area contributed by atoms with Crippen LogP contribution in [0.4, 0.5) is 5.82 Å². The van der Waals surface area contributed by atoms with Gasteiger partial charge in [-0.05, 0) is 24.3 Å². The number of benzene rings is 1. The normalized spacial score (nSPS) is 10.8. The third-order valence-electron chi connectivity index (χ3n) is 3.44. The van der Waals surface area contributed by atoms with Crippen molar-refractivity contribution in [2.75, 3.05) is 25.0 Å². The average Bonchev–Trinajstić information content (AvgIpc) is 2.65. The Hall–Kier alpha value is -2.67. The summed E-state index contributed by atoms with van der Waals surface area (Å²) >= 11 is 5.88. The highest BCUT2D eigenvalue weighted by Gasteiger charge is 2.17. The zero-order valence-electron chi connectivity index (χ0n) is 14.3. The maximum absolute atomic E-state index is 12.1. The summed E-state index contributed by atoms with van der Waals surface area (Å²) in [5.74, 6) is 0.141. The molecular formula is C17H18ClN5O3S. The van der Waals surface area contributed by atoms with Crippen LogP contribution in [-0.2, 0) is 14.8 Å². The van der Waals surface area contributed by atoms with E-state index in [0.717, 1.165) is 0 Å². The summed E-state index contributed by atoms with van der Waals surface area (Å²) in [6.45, 7) is 0.631. The molecule has 2 aromatic rings. The molecule has 1 amide bonds. The van der Waals surface area contributed by atoms with Crippen molar-refractivity contribution >= 4 is 33.3 Å². The van der Waals surface area contributed by atoms with Crippen LogP contribution < -0.4 is 15.4 Å². The molecule has 1 aromatic heterocycles. The Morgan fingerprint density at radius 1 is 1.15 bits per heavy atom. The summed E-state index contributed by atoms with van der Waals surface area (Å²) in [7, 11) is -3.77. The first-order valence-electron chi connectivity index (χ1n) is 8.04. The summed E-state index contributed by atoms with van der Waals surface area (Å²) in [5.41, 5.74) is 0.415. The lowest BCUT2D eigenvalue weighted by atomic mass is 10.3. The van der Waals surface area contributed by atoms with Crippen LogP contribution >= 0.6 is 11.6 Å². The third-order valence-corrected chi connectivity index (χ3v) is 5.40. The average molecular weight is 408 g/mol. The Morgan fingerprint density at radius 2 is 1.93 bits per heavy atom. The second-order valence-corrected chi connectivity index (χ2v) is 7.51. The molecule has 3 N–H and O–H groups in total. The first kappa shape index (κ1) is 20.6. The zero-order chi connectivity index (χ0) is 19.7. The van der Waals surface area contributed by atoms with Gasteiger partial charge in [0, 0.05) is 32.3 Å². The number of hydrogen-bond acceptors (Lipinski definition) is 6. The number of amides is 1. The second kappa shape index (κ2) is 9.87. The largest absolute Gasteiger partial charge is 0.367 e. The van der Waals surface area contributed by atoms with Crippen molar-refractivity contribution < 1.29 is 13.2 Å². The van der Waals surface area contributed by atoms with Crippen LogP contribution in [0.15, 0.2) is 47.5 Å². The van der Waals surface area contributed by atoms with E-state index in [1.165, 1.54) is 12.1 Å². The molecule has 0 atom stereocenters. The highest BCUT2D eigenvalue weighted by atomic mass is 35.5. The maximum Gasteiger partial charge on any atom is 0.242 e. The molecule has 10 heteroatoms. The summed E-state index contributed by atoms with van der Waals surface area (Å²) < 4.78 is 26.6. The number of halogens is 1. The smallest absolute Gasteiger partial charge is 0.242 e. The van der Waals surface area contributed by atoms with E-state index in [0.29, 0.717) is 24.5 Å². The molecule has 2 rings (SSSR count). The number of hydrogen-bond donors (Lipinski definition) is 3. The van der Waals surface area contributed by atoms with Crippen molar-refractivity contribution in [2.45, 2.75) is 11.3 Å². The van der Waals surface area contributed by atoms with Gasteiger partial charge in [0.15, 0.2) is 0 Å². The van der Waals surface area contributed by atoms with Crippen molar-refractivity contribution in [1.82, 2.24) is 15.0 Å². The van der Waals surface area contributed by atoms with Gasteiger partial charge in [-0.25, -0.2) is 18.1 Å². The van der Waals surface area contributed by atoms with Crippen molar-refractivity contribution in [1.29, 1.82) is 5.26 Å². The summed E-state index contributed by atoms with van der Waals surface area (Å²) in [6, 6.07) is 11.4. The van der Waals surface area contributed by atoms with Crippen LogP contribution in [-0.4, -0.2) is 38.9 Å². The third kappa shape index (κ3) is 6.21. The van der Waals surface area contributed by atoms with E-state index in [1.54, 1.807) is 30.5 Å². The van der Waals surface area contributed by atoms with Gasteiger partial charge in [0.2, 0.25) is 15.9 Å². The molecule has 0 aliphatic carbocycles. The van der Waals surface area contributed by atoms with E-state index in [9.17, 15) is 13.2 Å². The SMILES string of the molecule is N#Cc1cccnc1NCCNC(=O)CCNS(=O)(=O)c1ccccc1Cl. The van der Waals surface area contributed by atoms with Crippen LogP contribution in [0.3, 0.4) is 0 Å². The Bertz CT molecular complexity index is 944. The fourth-order valence-corrected chi connectivity index (χ4v) is 3.70. The van der Waals surface area contributed by atoms with Gasteiger partial charge in [-0.15, -0.1) is 0 Å². The minimum absolute atomic E-state index is 0.0171. The van der Waals surface area contributed by atoms with E-state index >= 15 is 0 Å². The van der Waals surface area contributed by atoms with Crippen LogP contribution in [0.25, 0.3) is 0 Å². The minimum atomic E-state index is -3.77. The van der Waals surface area contributed by atoms with Crippen molar-refractivity contribution in [2.24, 2.45) is 0 Å². The Labute approximate surface area is 162 Å². The number of pyridine rings is 1. The van der Waals surface area contributed by atoms with Crippen molar-refractivity contribution in [3.63, 3.8) is 0 Å². The fraction of sp³-hybridized carbons (Fsp3) is 0.235. The number of nitriles is 1. The fourth-order valence-electron chi connectivity index (χ4n) is 2.15. The lowest BCUT2D eigenvalue weighted by Gasteiger charge is -2.10. The molecule has 0 aliphatic heterocycles. The lowest BCUT2D eigenvalue weighted by molar-refractivity contribution is -0.120. The molecule has 0 saturated heterocycles. The van der Waals surface area contributed by atoms with Gasteiger partial charge >= 0.3 is 0 Å². The van der Waals surface area contributed by atoms with Crippen LogP contribution in [0, 0.1) is 11.3 Å². The van der Waals surface area contributed by atoms with Crippen molar-refractivity contribution in [3.8, 4) is 6.07 Å². The molecule has 27 heavy (non-hydrogen) atoms. The molecule has 1 aromatic carbocycles. The molecule has 8 nitrogen and oxygen atoms in total. The molecule has 142 valence electrons. The lowest BCUT2D eigenvalue weighted by Crippen LogP contribution is -2.33. The summed E-state index contributed by atoms with van der Waals surface area (Å²) in [5, 5.41) is 14.7. The summed E-state index contributed by atoms with van der Waals surface area (Å²) in [6.07, 6.45) is 1.55. The molecule has 0 bridgehead atoms. The number of anilines is 1. The number of aromatic nitrogens is 1. The second-order valence-electron chi connectivity index (χ2n) is 5.37. The number of sulfonamides is 1. The van der Waals surface area contributed by atoms with Gasteiger partial charge in [0.25, 0.3) is 0 Å². The molecule has 0 saturated carbocycles. The van der Waals surface area contributed by atoms with Gasteiger partial charge in [0.1, 0.15) is 16.8 Å². The molecule has 0 unspecified atom stereocenters. The summed E-state index contributed by atoms with van der Waals surface area (Å²) in [4.78, 5) is 15.8. The molecule has 0 radical (unpaired) electrons. The van der Waals surface area contributed by atoms with Gasteiger partial charge in [-0.2, -0.15) is 5.26 Å². The maximum atomic E-state index is 12.1. The monoisotopic (exact) mass is 407 g/mol. The van der Waals surface area contributed by atoms with Crippen molar-refractivity contribution in [3.05, 3.63) is 53.2 Å². The van der Waals surface area contributed by atoms with E-state index in [2.05, 4.69) is 20.3 Å². The number of rotatable bonds is 9. The van der Waals surface area contributed by atoms with Gasteiger partial charge in [0.05, 0.1) is 10.6 Å². The Kier molecular flexibility index (Phi) is 7.55. The quantitative estimate of drug-likeness (QED) is 0.541. The van der Waals surface area contributed by atoms with Gasteiger partial charge in [-0.1, -0.05) is 23.7 Å². The van der Waals surface area contributed by atoms with Gasteiger partial charge < -0.3 is 10.6 Å². The molecule has 1 heterocycles. The van der Waals surface area contributed by atoms with E-state index in [1.807, 2.05) is 6.07 Å². The number of nitrogens with zero attached hydrogens (tertiary/aromatic N) is 2. The topological polar surface area (TPSA) is 124 Å².